The number of hydrogen-bond donors (Lipinski definition) is 3. The predicted octanol–water partition coefficient (Wildman–Crippen LogP) is 2.35. The van der Waals surface area contributed by atoms with E-state index in [0.717, 1.165) is 17.3 Å². The van der Waals surface area contributed by atoms with Gasteiger partial charge >= 0.3 is 0 Å². The maximum atomic E-state index is 9.14. The van der Waals surface area contributed by atoms with Gasteiger partial charge in [0, 0.05) is 18.0 Å². The van der Waals surface area contributed by atoms with E-state index >= 15 is 0 Å². The number of nitrogens with zero attached hydrogens (tertiary/aromatic N) is 2. The van der Waals surface area contributed by atoms with Crippen LogP contribution in [-0.4, -0.2) is 27.7 Å². The first-order valence-corrected chi connectivity index (χ1v) is 7.27. The van der Waals surface area contributed by atoms with Gasteiger partial charge in [0.1, 0.15) is 11.6 Å². The molecule has 21 heavy (non-hydrogen) atoms. The zero-order valence-corrected chi connectivity index (χ0v) is 12.0. The Bertz CT molecular complexity index is 581. The van der Waals surface area contributed by atoms with E-state index in [0.29, 0.717) is 18.4 Å². The van der Waals surface area contributed by atoms with Crippen molar-refractivity contribution >= 4 is 11.8 Å². The van der Waals surface area contributed by atoms with Crippen LogP contribution in [0, 0.1) is 0 Å². The van der Waals surface area contributed by atoms with Crippen molar-refractivity contribution in [2.75, 3.05) is 17.2 Å². The molecule has 1 atom stereocenters. The number of hydrogen-bond acceptors (Lipinski definition) is 6. The van der Waals surface area contributed by atoms with E-state index < -0.39 is 0 Å². The van der Waals surface area contributed by atoms with Crippen LogP contribution >= 0.6 is 0 Å². The molecule has 6 nitrogen and oxygen atoms in total. The van der Waals surface area contributed by atoms with E-state index in [1.807, 2.05) is 25.1 Å². The maximum Gasteiger partial charge on any atom is 0.225 e. The molecule has 0 radical (unpaired) electrons. The molecule has 0 aliphatic heterocycles. The molecule has 0 saturated heterocycles. The summed E-state index contributed by atoms with van der Waals surface area (Å²) in [5.41, 5.74) is 1.06. The van der Waals surface area contributed by atoms with Crippen molar-refractivity contribution < 1.29 is 9.52 Å². The molecule has 0 amide bonds. The summed E-state index contributed by atoms with van der Waals surface area (Å²) < 4.78 is 5.30. The van der Waals surface area contributed by atoms with Crippen LogP contribution in [-0.2, 0) is 6.54 Å². The first-order chi connectivity index (χ1) is 10.2. The molecule has 6 heteroatoms. The largest absolute Gasteiger partial charge is 0.467 e. The summed E-state index contributed by atoms with van der Waals surface area (Å²) >= 11 is 0. The maximum absolute atomic E-state index is 9.14. The molecule has 1 aliphatic rings. The predicted molar refractivity (Wildman–Crippen MR) is 80.2 cm³/mol. The molecule has 2 aromatic rings. The molecule has 1 saturated carbocycles. The van der Waals surface area contributed by atoms with E-state index in [4.69, 9.17) is 9.52 Å². The lowest BCUT2D eigenvalue weighted by atomic mass is 10.2. The van der Waals surface area contributed by atoms with E-state index in [2.05, 4.69) is 20.6 Å². The second kappa shape index (κ2) is 6.13. The molecule has 0 unspecified atom stereocenters. The van der Waals surface area contributed by atoms with Crippen LogP contribution in [0.1, 0.15) is 37.1 Å². The Morgan fingerprint density at radius 1 is 1.43 bits per heavy atom. The zero-order chi connectivity index (χ0) is 14.7. The summed E-state index contributed by atoms with van der Waals surface area (Å²) in [6.45, 7) is 2.53. The highest BCUT2D eigenvalue weighted by Gasteiger charge is 2.26. The van der Waals surface area contributed by atoms with Gasteiger partial charge in [-0.15, -0.1) is 0 Å². The highest BCUT2D eigenvalue weighted by molar-refractivity contribution is 5.44. The van der Waals surface area contributed by atoms with Crippen LogP contribution in [0.5, 0.6) is 0 Å². The van der Waals surface area contributed by atoms with Crippen LogP contribution < -0.4 is 10.6 Å². The molecule has 1 fully saturated rings. The van der Waals surface area contributed by atoms with Gasteiger partial charge in [0.05, 0.1) is 25.1 Å². The molecule has 0 spiro atoms. The Morgan fingerprint density at radius 2 is 2.29 bits per heavy atom. The van der Waals surface area contributed by atoms with Crippen molar-refractivity contribution in [2.45, 2.75) is 38.3 Å². The monoisotopic (exact) mass is 288 g/mol. The summed E-state index contributed by atoms with van der Waals surface area (Å²) in [5.74, 6) is 2.74. The number of aliphatic hydroxyl groups is 1. The van der Waals surface area contributed by atoms with Crippen molar-refractivity contribution in [2.24, 2.45) is 0 Å². The Morgan fingerprint density at radius 3 is 2.95 bits per heavy atom. The Balaban J connectivity index is 1.74. The molecule has 112 valence electrons. The lowest BCUT2D eigenvalue weighted by Crippen LogP contribution is -2.21. The molecule has 0 bridgehead atoms. The molecular weight excluding hydrogens is 268 g/mol. The third kappa shape index (κ3) is 3.72. The van der Waals surface area contributed by atoms with E-state index in [1.54, 1.807) is 6.26 Å². The van der Waals surface area contributed by atoms with Gasteiger partial charge in [-0.05, 0) is 31.9 Å². The highest BCUT2D eigenvalue weighted by Crippen LogP contribution is 2.39. The van der Waals surface area contributed by atoms with Crippen molar-refractivity contribution in [3.8, 4) is 0 Å². The lowest BCUT2D eigenvalue weighted by Gasteiger charge is -2.13. The first-order valence-electron chi connectivity index (χ1n) is 7.27. The SMILES string of the molecule is C[C@@H](CO)Nc1nc(NCc2ccco2)cc(C2CC2)n1. The fraction of sp³-hybridized carbons (Fsp3) is 0.467. The standard InChI is InChI=1S/C15H20N4O2/c1-10(9-20)17-15-18-13(11-4-5-11)7-14(19-15)16-8-12-3-2-6-21-12/h2-3,6-7,10-11,20H,4-5,8-9H2,1H3,(H2,16,17,18,19)/t10-/m0/s1. The summed E-state index contributed by atoms with van der Waals surface area (Å²) in [6, 6.07) is 5.71. The fourth-order valence-electron chi connectivity index (χ4n) is 2.07. The minimum atomic E-state index is -0.0719. The van der Waals surface area contributed by atoms with Gasteiger partial charge in [0.2, 0.25) is 5.95 Å². The second-order valence-electron chi connectivity index (χ2n) is 5.44. The van der Waals surface area contributed by atoms with Crippen LogP contribution in [0.25, 0.3) is 0 Å². The third-order valence-electron chi connectivity index (χ3n) is 3.41. The van der Waals surface area contributed by atoms with Gasteiger partial charge in [-0.2, -0.15) is 4.98 Å². The van der Waals surface area contributed by atoms with Crippen LogP contribution in [0.4, 0.5) is 11.8 Å². The number of nitrogens with one attached hydrogen (secondary N) is 2. The van der Waals surface area contributed by atoms with Crippen LogP contribution in [0.2, 0.25) is 0 Å². The zero-order valence-electron chi connectivity index (χ0n) is 12.0. The summed E-state index contributed by atoms with van der Waals surface area (Å²) in [4.78, 5) is 8.98. The van der Waals surface area contributed by atoms with Crippen LogP contribution in [0.3, 0.4) is 0 Å². The quantitative estimate of drug-likeness (QED) is 0.725. The average Bonchev–Trinajstić information content (AvgIpc) is 3.21. The van der Waals surface area contributed by atoms with Crippen molar-refractivity contribution in [1.29, 1.82) is 0 Å². The van der Waals surface area contributed by atoms with Crippen molar-refractivity contribution in [3.05, 3.63) is 35.9 Å². The first kappa shape index (κ1) is 13.9. The number of aliphatic hydroxyl groups excluding tert-OH is 1. The summed E-state index contributed by atoms with van der Waals surface area (Å²) in [5, 5.41) is 15.5. The van der Waals surface area contributed by atoms with Crippen LogP contribution in [0.15, 0.2) is 28.9 Å². The molecular formula is C15H20N4O2. The lowest BCUT2D eigenvalue weighted by molar-refractivity contribution is 0.281. The van der Waals surface area contributed by atoms with E-state index in [-0.39, 0.29) is 12.6 Å². The topological polar surface area (TPSA) is 83.2 Å². The van der Waals surface area contributed by atoms with Gasteiger partial charge in [-0.25, -0.2) is 4.98 Å². The molecule has 0 aromatic carbocycles. The minimum absolute atomic E-state index is 0.0478. The Hall–Kier alpha value is -2.08. The molecule has 1 aliphatic carbocycles. The smallest absolute Gasteiger partial charge is 0.225 e. The Labute approximate surface area is 123 Å². The number of rotatable bonds is 7. The van der Waals surface area contributed by atoms with Gasteiger partial charge in [0.15, 0.2) is 0 Å². The molecule has 3 rings (SSSR count). The normalized spacial score (nSPS) is 15.7. The number of anilines is 2. The van der Waals surface area contributed by atoms with Gasteiger partial charge in [-0.3, -0.25) is 0 Å². The molecule has 2 aromatic heterocycles. The van der Waals surface area contributed by atoms with Gasteiger partial charge in [0.25, 0.3) is 0 Å². The Kier molecular flexibility index (Phi) is 4.06. The summed E-state index contributed by atoms with van der Waals surface area (Å²) in [6.07, 6.45) is 4.02. The van der Waals surface area contributed by atoms with Crippen molar-refractivity contribution in [1.82, 2.24) is 9.97 Å². The highest BCUT2D eigenvalue weighted by atomic mass is 16.3. The third-order valence-corrected chi connectivity index (χ3v) is 3.41. The van der Waals surface area contributed by atoms with Gasteiger partial charge in [-0.1, -0.05) is 0 Å². The summed E-state index contributed by atoms with van der Waals surface area (Å²) in [7, 11) is 0. The average molecular weight is 288 g/mol. The van der Waals surface area contributed by atoms with Crippen molar-refractivity contribution in [3.63, 3.8) is 0 Å². The second-order valence-corrected chi connectivity index (χ2v) is 5.44. The minimum Gasteiger partial charge on any atom is -0.467 e. The molecule has 3 N–H and O–H groups in total. The van der Waals surface area contributed by atoms with E-state index in [1.165, 1.54) is 12.8 Å². The number of aromatic nitrogens is 2. The molecule has 2 heterocycles. The number of furan rings is 1. The fourth-order valence-corrected chi connectivity index (χ4v) is 2.07. The van der Waals surface area contributed by atoms with E-state index in [9.17, 15) is 0 Å². The van der Waals surface area contributed by atoms with Gasteiger partial charge < -0.3 is 20.2 Å².